The zero-order valence-corrected chi connectivity index (χ0v) is 33.4. The standard InChI is InChI=1S/C46H54N6O5/c1-5-38-36(42(49-33-20-23-56-24-21-33)37-28-48-52(6-2)44(37)50-38)27-47-45(55)32-14-10-13-31(25-32)26-46(3,4)22-19-39(53)34-15-17-40(43-35(34)16-18-41(54)51-43)57-29-30-11-8-7-9-12-30/h7-18,25,28,33,39,53H,5-6,19-24,26-27,29H2,1-4H3,(H,47,55)(H,49,50)(H,51,54)/t39-/m0/s1. The Morgan fingerprint density at radius 2 is 1.81 bits per heavy atom. The van der Waals surface area contributed by atoms with Crippen LogP contribution < -0.4 is 20.9 Å². The molecule has 0 saturated carbocycles. The van der Waals surface area contributed by atoms with Crippen LogP contribution in [0.25, 0.3) is 21.9 Å². The van der Waals surface area contributed by atoms with E-state index in [1.54, 1.807) is 6.07 Å². The Hall–Kier alpha value is -5.52. The van der Waals surface area contributed by atoms with Crippen LogP contribution in [0, 0.1) is 5.41 Å². The molecule has 1 aliphatic heterocycles. The van der Waals surface area contributed by atoms with E-state index in [9.17, 15) is 14.7 Å². The molecule has 0 bridgehead atoms. The number of benzene rings is 3. The lowest BCUT2D eigenvalue weighted by Crippen LogP contribution is -2.30. The van der Waals surface area contributed by atoms with Gasteiger partial charge in [-0.3, -0.25) is 9.59 Å². The number of anilines is 1. The van der Waals surface area contributed by atoms with Gasteiger partial charge < -0.3 is 30.2 Å². The van der Waals surface area contributed by atoms with E-state index >= 15 is 0 Å². The van der Waals surface area contributed by atoms with E-state index in [0.29, 0.717) is 36.4 Å². The summed E-state index contributed by atoms with van der Waals surface area (Å²) in [5.41, 5.74) is 7.37. The van der Waals surface area contributed by atoms with Gasteiger partial charge in [-0.1, -0.05) is 69.3 Å². The van der Waals surface area contributed by atoms with Crippen molar-refractivity contribution in [1.29, 1.82) is 0 Å². The molecule has 0 radical (unpaired) electrons. The van der Waals surface area contributed by atoms with E-state index in [1.165, 1.54) is 6.07 Å². The molecule has 298 valence electrons. The average Bonchev–Trinajstić information content (AvgIpc) is 3.65. The highest BCUT2D eigenvalue weighted by Crippen LogP contribution is 2.36. The molecule has 4 heterocycles. The fraction of sp³-hybridized carbons (Fsp3) is 0.391. The summed E-state index contributed by atoms with van der Waals surface area (Å²) in [5.74, 6) is 0.418. The van der Waals surface area contributed by atoms with Gasteiger partial charge in [0, 0.05) is 60.6 Å². The normalized spacial score (nSPS) is 14.2. The minimum atomic E-state index is -0.748. The third-order valence-corrected chi connectivity index (χ3v) is 11.1. The highest BCUT2D eigenvalue weighted by atomic mass is 16.5. The predicted molar refractivity (Wildman–Crippen MR) is 225 cm³/mol. The maximum absolute atomic E-state index is 13.7. The maximum atomic E-state index is 13.7. The maximum Gasteiger partial charge on any atom is 0.251 e. The Labute approximate surface area is 333 Å². The Bertz CT molecular complexity index is 2380. The molecule has 0 aliphatic carbocycles. The van der Waals surface area contributed by atoms with Crippen molar-refractivity contribution in [3.8, 4) is 5.75 Å². The molecule has 1 amide bonds. The number of nitrogens with one attached hydrogen (secondary N) is 3. The van der Waals surface area contributed by atoms with Crippen LogP contribution in [0.3, 0.4) is 0 Å². The van der Waals surface area contributed by atoms with Crippen molar-refractivity contribution in [2.75, 3.05) is 18.5 Å². The molecular formula is C46H54N6O5. The average molecular weight is 771 g/mol. The van der Waals surface area contributed by atoms with Gasteiger partial charge in [-0.05, 0) is 91.8 Å². The molecule has 6 aromatic rings. The van der Waals surface area contributed by atoms with Crippen LogP contribution in [-0.2, 0) is 37.3 Å². The summed E-state index contributed by atoms with van der Waals surface area (Å²) in [5, 5.41) is 24.8. The molecule has 1 aliphatic rings. The molecule has 0 spiro atoms. The van der Waals surface area contributed by atoms with Crippen molar-refractivity contribution < 1.29 is 19.4 Å². The van der Waals surface area contributed by atoms with E-state index in [1.807, 2.05) is 71.5 Å². The molecule has 7 rings (SSSR count). The zero-order chi connectivity index (χ0) is 39.9. The number of nitrogens with zero attached hydrogens (tertiary/aromatic N) is 3. The summed E-state index contributed by atoms with van der Waals surface area (Å²) in [6.45, 7) is 11.4. The van der Waals surface area contributed by atoms with Gasteiger partial charge in [-0.25, -0.2) is 9.67 Å². The first-order valence-corrected chi connectivity index (χ1v) is 20.2. The first-order valence-electron chi connectivity index (χ1n) is 20.2. The number of pyridine rings is 2. The summed E-state index contributed by atoms with van der Waals surface area (Å²) in [4.78, 5) is 34.0. The summed E-state index contributed by atoms with van der Waals surface area (Å²) < 4.78 is 13.7. The third kappa shape index (κ3) is 9.38. The number of rotatable bonds is 16. The number of aromatic amines is 1. The minimum absolute atomic E-state index is 0.144. The summed E-state index contributed by atoms with van der Waals surface area (Å²) in [6.07, 6.45) is 5.66. The smallest absolute Gasteiger partial charge is 0.251 e. The van der Waals surface area contributed by atoms with Crippen molar-refractivity contribution in [3.63, 3.8) is 0 Å². The molecule has 4 N–H and O–H groups in total. The number of fused-ring (bicyclic) bond motifs is 2. The minimum Gasteiger partial charge on any atom is -0.487 e. The van der Waals surface area contributed by atoms with Gasteiger partial charge in [0.25, 0.3) is 5.91 Å². The number of aliphatic hydroxyl groups excluding tert-OH is 1. The van der Waals surface area contributed by atoms with Gasteiger partial charge in [-0.2, -0.15) is 5.10 Å². The van der Waals surface area contributed by atoms with Crippen LogP contribution in [-0.4, -0.2) is 50.0 Å². The fourth-order valence-electron chi connectivity index (χ4n) is 7.91. The molecular weight excluding hydrogens is 717 g/mol. The molecule has 3 aromatic carbocycles. The van der Waals surface area contributed by atoms with Gasteiger partial charge in [0.05, 0.1) is 28.9 Å². The highest BCUT2D eigenvalue weighted by Gasteiger charge is 2.25. The number of H-pyrrole nitrogens is 1. The van der Waals surface area contributed by atoms with Crippen LogP contribution in [0.15, 0.2) is 89.9 Å². The SMILES string of the molecule is CCc1nc2c(cnn2CC)c(NC2CCOCC2)c1CNC(=O)c1cccc(CC(C)(C)CC[C@H](O)c2ccc(OCc3ccccc3)c3[nH]c(=O)ccc23)c1. The van der Waals surface area contributed by atoms with Crippen molar-refractivity contribution >= 4 is 33.5 Å². The lowest BCUT2D eigenvalue weighted by Gasteiger charge is -2.27. The van der Waals surface area contributed by atoms with Crippen LogP contribution >= 0.6 is 0 Å². The summed E-state index contributed by atoms with van der Waals surface area (Å²) in [6, 6.07) is 24.9. The molecule has 1 saturated heterocycles. The zero-order valence-electron chi connectivity index (χ0n) is 33.4. The quantitative estimate of drug-likeness (QED) is 0.0775. The Morgan fingerprint density at radius 1 is 1.02 bits per heavy atom. The lowest BCUT2D eigenvalue weighted by atomic mass is 9.80. The van der Waals surface area contributed by atoms with Crippen LogP contribution in [0.5, 0.6) is 5.75 Å². The number of aryl methyl sites for hydroxylation is 2. The Kier molecular flexibility index (Phi) is 12.4. The first kappa shape index (κ1) is 39.7. The van der Waals surface area contributed by atoms with E-state index < -0.39 is 6.10 Å². The van der Waals surface area contributed by atoms with Crippen molar-refractivity contribution in [1.82, 2.24) is 25.1 Å². The Balaban J connectivity index is 1.02. The number of carbonyl (C=O) groups is 1. The van der Waals surface area contributed by atoms with Gasteiger partial charge in [0.2, 0.25) is 5.56 Å². The predicted octanol–water partition coefficient (Wildman–Crippen LogP) is 8.04. The molecule has 11 heteroatoms. The summed E-state index contributed by atoms with van der Waals surface area (Å²) >= 11 is 0. The first-order chi connectivity index (χ1) is 27.6. The second-order valence-electron chi connectivity index (χ2n) is 15.8. The lowest BCUT2D eigenvalue weighted by molar-refractivity contribution is 0.0904. The molecule has 0 unspecified atom stereocenters. The van der Waals surface area contributed by atoms with Gasteiger partial charge >= 0.3 is 0 Å². The number of amides is 1. The second-order valence-corrected chi connectivity index (χ2v) is 15.8. The number of hydrogen-bond donors (Lipinski definition) is 4. The van der Waals surface area contributed by atoms with Crippen molar-refractivity contribution in [2.45, 2.75) is 98.1 Å². The van der Waals surface area contributed by atoms with Gasteiger partial charge in [0.15, 0.2) is 5.65 Å². The number of carbonyl (C=O) groups excluding carboxylic acids is 1. The van der Waals surface area contributed by atoms with Gasteiger partial charge in [-0.15, -0.1) is 0 Å². The largest absolute Gasteiger partial charge is 0.487 e. The number of aromatic nitrogens is 4. The van der Waals surface area contributed by atoms with Crippen molar-refractivity contribution in [3.05, 3.63) is 129 Å². The molecule has 3 aromatic heterocycles. The number of aliphatic hydroxyl groups is 1. The Morgan fingerprint density at radius 3 is 2.58 bits per heavy atom. The summed E-state index contributed by atoms with van der Waals surface area (Å²) in [7, 11) is 0. The highest BCUT2D eigenvalue weighted by molar-refractivity contribution is 5.95. The van der Waals surface area contributed by atoms with Crippen molar-refractivity contribution in [2.24, 2.45) is 5.41 Å². The second kappa shape index (κ2) is 17.7. The molecule has 1 fully saturated rings. The molecule has 1 atom stereocenters. The topological polar surface area (TPSA) is 143 Å². The van der Waals surface area contributed by atoms with Gasteiger partial charge in [0.1, 0.15) is 12.4 Å². The number of ether oxygens (including phenoxy) is 2. The monoisotopic (exact) mass is 770 g/mol. The van der Waals surface area contributed by atoms with E-state index in [-0.39, 0.29) is 22.9 Å². The molecule has 57 heavy (non-hydrogen) atoms. The fourth-order valence-corrected chi connectivity index (χ4v) is 7.91. The molecule has 11 nitrogen and oxygen atoms in total. The van der Waals surface area contributed by atoms with Crippen LogP contribution in [0.4, 0.5) is 5.69 Å². The third-order valence-electron chi connectivity index (χ3n) is 11.1. The van der Waals surface area contributed by atoms with Crippen LogP contribution in [0.1, 0.15) is 97.8 Å². The van der Waals surface area contributed by atoms with E-state index in [4.69, 9.17) is 14.5 Å². The van der Waals surface area contributed by atoms with E-state index in [0.717, 1.165) is 102 Å². The van der Waals surface area contributed by atoms with E-state index in [2.05, 4.69) is 54.5 Å². The number of hydrogen-bond acceptors (Lipinski definition) is 8. The van der Waals surface area contributed by atoms with Crippen LogP contribution in [0.2, 0.25) is 0 Å².